The Balaban J connectivity index is 2.17. The molecule has 1 fully saturated rings. The standard InChI is InChI=1S/C12H16BrClN2O/c1-8-6-16(7-10(5-14)17-8)12-4-3-11(13)9(2)15-12/h3-4,8,10H,5-7H2,1-2H3. The first kappa shape index (κ1) is 13.1. The average molecular weight is 320 g/mol. The third kappa shape index (κ3) is 3.12. The molecule has 0 bridgehead atoms. The lowest BCUT2D eigenvalue weighted by Gasteiger charge is -2.36. The predicted octanol–water partition coefficient (Wildman–Crippen LogP) is 2.99. The fraction of sp³-hybridized carbons (Fsp3) is 0.583. The third-order valence-corrected chi connectivity index (χ3v) is 4.01. The average Bonchev–Trinajstić information content (AvgIpc) is 2.32. The van der Waals surface area contributed by atoms with Gasteiger partial charge in [0.1, 0.15) is 5.82 Å². The van der Waals surface area contributed by atoms with Crippen molar-refractivity contribution in [2.24, 2.45) is 0 Å². The summed E-state index contributed by atoms with van der Waals surface area (Å²) in [5.41, 5.74) is 1.00. The molecule has 2 atom stereocenters. The normalized spacial score (nSPS) is 25.1. The van der Waals surface area contributed by atoms with Gasteiger partial charge in [-0.25, -0.2) is 4.98 Å². The van der Waals surface area contributed by atoms with Crippen LogP contribution in [-0.2, 0) is 4.74 Å². The number of hydrogen-bond acceptors (Lipinski definition) is 3. The summed E-state index contributed by atoms with van der Waals surface area (Å²) in [7, 11) is 0. The highest BCUT2D eigenvalue weighted by atomic mass is 79.9. The van der Waals surface area contributed by atoms with E-state index in [0.29, 0.717) is 5.88 Å². The number of morpholine rings is 1. The maximum atomic E-state index is 5.88. The molecular formula is C12H16BrClN2O. The van der Waals surface area contributed by atoms with Gasteiger partial charge in [-0.2, -0.15) is 0 Å². The fourth-order valence-corrected chi connectivity index (χ4v) is 2.42. The highest BCUT2D eigenvalue weighted by Crippen LogP contribution is 2.22. The number of rotatable bonds is 2. The number of aryl methyl sites for hydroxylation is 1. The van der Waals surface area contributed by atoms with E-state index in [9.17, 15) is 0 Å². The summed E-state index contributed by atoms with van der Waals surface area (Å²) < 4.78 is 6.77. The van der Waals surface area contributed by atoms with Crippen LogP contribution in [0, 0.1) is 6.92 Å². The Morgan fingerprint density at radius 2 is 2.29 bits per heavy atom. The van der Waals surface area contributed by atoms with Crippen molar-refractivity contribution in [3.63, 3.8) is 0 Å². The topological polar surface area (TPSA) is 25.4 Å². The molecule has 0 N–H and O–H groups in total. The van der Waals surface area contributed by atoms with Crippen LogP contribution in [0.4, 0.5) is 5.82 Å². The van der Waals surface area contributed by atoms with Crippen LogP contribution in [0.1, 0.15) is 12.6 Å². The lowest BCUT2D eigenvalue weighted by molar-refractivity contribution is -0.00358. The van der Waals surface area contributed by atoms with Gasteiger partial charge in [0.05, 0.1) is 23.8 Å². The molecular weight excluding hydrogens is 304 g/mol. The third-order valence-electron chi connectivity index (χ3n) is 2.83. The number of anilines is 1. The molecule has 0 aromatic carbocycles. The molecule has 1 aromatic rings. The van der Waals surface area contributed by atoms with Crippen molar-refractivity contribution in [1.29, 1.82) is 0 Å². The highest BCUT2D eigenvalue weighted by molar-refractivity contribution is 9.10. The lowest BCUT2D eigenvalue weighted by Crippen LogP contribution is -2.47. The molecule has 0 amide bonds. The van der Waals surface area contributed by atoms with Crippen LogP contribution in [-0.4, -0.2) is 36.2 Å². The van der Waals surface area contributed by atoms with Gasteiger partial charge in [-0.15, -0.1) is 11.6 Å². The molecule has 1 aliphatic rings. The van der Waals surface area contributed by atoms with Crippen molar-refractivity contribution >= 4 is 33.3 Å². The molecule has 0 radical (unpaired) electrons. The van der Waals surface area contributed by atoms with Crippen molar-refractivity contribution in [2.75, 3.05) is 23.9 Å². The second-order valence-electron chi connectivity index (χ2n) is 4.36. The molecule has 0 saturated carbocycles. The molecule has 2 unspecified atom stereocenters. The summed E-state index contributed by atoms with van der Waals surface area (Å²) in [6.45, 7) is 5.73. The largest absolute Gasteiger partial charge is 0.370 e. The van der Waals surface area contributed by atoms with Gasteiger partial charge in [0.25, 0.3) is 0 Å². The van der Waals surface area contributed by atoms with E-state index in [4.69, 9.17) is 16.3 Å². The number of ether oxygens (including phenoxy) is 1. The highest BCUT2D eigenvalue weighted by Gasteiger charge is 2.25. The molecule has 2 heterocycles. The second kappa shape index (κ2) is 5.55. The Labute approximate surface area is 115 Å². The van der Waals surface area contributed by atoms with E-state index < -0.39 is 0 Å². The van der Waals surface area contributed by atoms with Crippen molar-refractivity contribution < 1.29 is 4.74 Å². The lowest BCUT2D eigenvalue weighted by atomic mass is 10.2. The molecule has 0 spiro atoms. The van der Waals surface area contributed by atoms with E-state index >= 15 is 0 Å². The van der Waals surface area contributed by atoms with E-state index in [1.807, 2.05) is 19.1 Å². The van der Waals surface area contributed by atoms with E-state index in [1.165, 1.54) is 0 Å². The maximum Gasteiger partial charge on any atom is 0.129 e. The Morgan fingerprint density at radius 3 is 2.94 bits per heavy atom. The summed E-state index contributed by atoms with van der Waals surface area (Å²) >= 11 is 9.34. The van der Waals surface area contributed by atoms with E-state index in [-0.39, 0.29) is 12.2 Å². The quantitative estimate of drug-likeness (QED) is 0.784. The van der Waals surface area contributed by atoms with Gasteiger partial charge in [0.15, 0.2) is 0 Å². The summed E-state index contributed by atoms with van der Waals surface area (Å²) in [6.07, 6.45) is 0.282. The van der Waals surface area contributed by atoms with E-state index in [2.05, 4.69) is 32.7 Å². The molecule has 2 rings (SSSR count). The number of pyridine rings is 1. The zero-order valence-corrected chi connectivity index (χ0v) is 12.3. The van der Waals surface area contributed by atoms with Crippen LogP contribution in [0.3, 0.4) is 0 Å². The van der Waals surface area contributed by atoms with Crippen LogP contribution < -0.4 is 4.90 Å². The molecule has 17 heavy (non-hydrogen) atoms. The second-order valence-corrected chi connectivity index (χ2v) is 5.53. The van der Waals surface area contributed by atoms with Crippen LogP contribution in [0.15, 0.2) is 16.6 Å². The van der Waals surface area contributed by atoms with Gasteiger partial charge < -0.3 is 9.64 Å². The molecule has 5 heteroatoms. The minimum atomic E-state index is 0.0890. The minimum Gasteiger partial charge on any atom is -0.370 e. The van der Waals surface area contributed by atoms with E-state index in [1.54, 1.807) is 0 Å². The molecule has 94 valence electrons. The van der Waals surface area contributed by atoms with Crippen LogP contribution in [0.2, 0.25) is 0 Å². The zero-order chi connectivity index (χ0) is 12.4. The predicted molar refractivity (Wildman–Crippen MR) is 73.9 cm³/mol. The van der Waals surface area contributed by atoms with Gasteiger partial charge in [-0.05, 0) is 41.9 Å². The maximum absolute atomic E-state index is 5.88. The van der Waals surface area contributed by atoms with Gasteiger partial charge in [0.2, 0.25) is 0 Å². The molecule has 0 aliphatic carbocycles. The first-order valence-electron chi connectivity index (χ1n) is 5.69. The van der Waals surface area contributed by atoms with E-state index in [0.717, 1.165) is 29.1 Å². The van der Waals surface area contributed by atoms with Gasteiger partial charge in [-0.3, -0.25) is 0 Å². The fourth-order valence-electron chi connectivity index (χ4n) is 2.02. The van der Waals surface area contributed by atoms with Gasteiger partial charge >= 0.3 is 0 Å². The van der Waals surface area contributed by atoms with Gasteiger partial charge in [0, 0.05) is 17.6 Å². The molecule has 1 aliphatic heterocycles. The Bertz CT molecular complexity index is 402. The smallest absolute Gasteiger partial charge is 0.129 e. The van der Waals surface area contributed by atoms with Crippen molar-refractivity contribution in [1.82, 2.24) is 4.98 Å². The summed E-state index contributed by atoms with van der Waals surface area (Å²) in [5, 5.41) is 0. The Hall–Kier alpha value is -0.320. The molecule has 3 nitrogen and oxygen atoms in total. The number of halogens is 2. The Kier molecular flexibility index (Phi) is 4.28. The summed E-state index contributed by atoms with van der Waals surface area (Å²) in [6, 6.07) is 4.06. The van der Waals surface area contributed by atoms with Crippen molar-refractivity contribution in [2.45, 2.75) is 26.1 Å². The zero-order valence-electron chi connectivity index (χ0n) is 9.99. The molecule has 1 saturated heterocycles. The SMILES string of the molecule is Cc1nc(N2CC(C)OC(CCl)C2)ccc1Br. The first-order chi connectivity index (χ1) is 8.10. The number of aromatic nitrogens is 1. The monoisotopic (exact) mass is 318 g/mol. The summed E-state index contributed by atoms with van der Waals surface area (Å²) in [5.74, 6) is 1.52. The van der Waals surface area contributed by atoms with Gasteiger partial charge in [-0.1, -0.05) is 0 Å². The Morgan fingerprint density at radius 1 is 1.53 bits per heavy atom. The molecule has 1 aromatic heterocycles. The van der Waals surface area contributed by atoms with Crippen LogP contribution in [0.5, 0.6) is 0 Å². The minimum absolute atomic E-state index is 0.0890. The number of alkyl halides is 1. The summed E-state index contributed by atoms with van der Waals surface area (Å²) in [4.78, 5) is 6.82. The van der Waals surface area contributed by atoms with Crippen molar-refractivity contribution in [3.05, 3.63) is 22.3 Å². The number of hydrogen-bond donors (Lipinski definition) is 0. The van der Waals surface area contributed by atoms with Crippen LogP contribution in [0.25, 0.3) is 0 Å². The van der Waals surface area contributed by atoms with Crippen LogP contribution >= 0.6 is 27.5 Å². The number of nitrogens with zero attached hydrogens (tertiary/aromatic N) is 2. The first-order valence-corrected chi connectivity index (χ1v) is 7.02. The van der Waals surface area contributed by atoms with Crippen molar-refractivity contribution in [3.8, 4) is 0 Å².